The van der Waals surface area contributed by atoms with Gasteiger partial charge in [0.05, 0.1) is 22.0 Å². The van der Waals surface area contributed by atoms with Gasteiger partial charge in [0.1, 0.15) is 37.1 Å². The summed E-state index contributed by atoms with van der Waals surface area (Å²) >= 11 is 0. The van der Waals surface area contributed by atoms with Crippen LogP contribution in [0.2, 0.25) is 0 Å². The first kappa shape index (κ1) is 42.0. The molecule has 12 nitrogen and oxygen atoms in total. The Hall–Kier alpha value is -5.13. The van der Waals surface area contributed by atoms with E-state index < -0.39 is 15.8 Å². The number of rotatable bonds is 11. The molecule has 0 spiro atoms. The van der Waals surface area contributed by atoms with Gasteiger partial charge in [0.15, 0.2) is 0 Å². The number of aryl methyl sites for hydroxylation is 3. The van der Waals surface area contributed by atoms with Crippen LogP contribution in [-0.4, -0.2) is 40.7 Å². The Morgan fingerprint density at radius 3 is 1.29 bits per heavy atom. The van der Waals surface area contributed by atoms with Gasteiger partial charge >= 0.3 is 0 Å². The first-order valence-corrected chi connectivity index (χ1v) is 13.0. The molecule has 3 aromatic rings. The summed E-state index contributed by atoms with van der Waals surface area (Å²) in [4.78, 5) is 29.3. The number of nitrogens with two attached hydrogens (primary N) is 1. The van der Waals surface area contributed by atoms with Gasteiger partial charge in [-0.3, -0.25) is 25.0 Å². The van der Waals surface area contributed by atoms with Crippen LogP contribution in [0.3, 0.4) is 0 Å². The van der Waals surface area contributed by atoms with Gasteiger partial charge in [0, 0.05) is 46.9 Å². The molecule has 0 aliphatic heterocycles. The fraction of sp³-hybridized carbons (Fsp3) is 0.219. The summed E-state index contributed by atoms with van der Waals surface area (Å²) in [6.45, 7) is 18.2. The van der Waals surface area contributed by atoms with Crippen LogP contribution in [0.1, 0.15) is 23.6 Å². The normalized spacial score (nSPS) is 8.98. The smallest absolute Gasteiger partial charge is 0.300 e. The molecule has 3 aromatic carbocycles. The maximum atomic E-state index is 10.6. The minimum Gasteiger partial charge on any atom is -0.489 e. The molecule has 0 saturated carbocycles. The van der Waals surface area contributed by atoms with E-state index in [2.05, 4.69) is 19.7 Å². The standard InChI is InChI=1S/2C10H11NO3.C10H13NO.C2H4O2.Fe/c2*1-3-6-14-9-5-4-8(2)10(7-9)11(12)13;1-3-6-12-9-5-4-8(2)10(11)7-9;1-2(3)4;/h2*3-5,7H,1,6H2,2H3;3-5,7H,1,6,11H2,2H3;1H3,(H,3,4);. The minimum absolute atomic E-state index is 0. The van der Waals surface area contributed by atoms with Crippen LogP contribution in [0.4, 0.5) is 17.1 Å². The number of nitrogen functional groups attached to an aromatic ring is 1. The van der Waals surface area contributed by atoms with Crippen molar-refractivity contribution in [1.29, 1.82) is 0 Å². The summed E-state index contributed by atoms with van der Waals surface area (Å²) in [5.74, 6) is 0.933. The van der Waals surface area contributed by atoms with E-state index in [1.54, 1.807) is 56.3 Å². The number of anilines is 1. The topological polar surface area (TPSA) is 177 Å². The zero-order valence-electron chi connectivity index (χ0n) is 25.7. The molecule has 3 rings (SSSR count). The third-order valence-corrected chi connectivity index (χ3v) is 5.11. The molecule has 0 bridgehead atoms. The van der Waals surface area contributed by atoms with Crippen LogP contribution in [-0.2, 0) is 21.9 Å². The van der Waals surface area contributed by atoms with Gasteiger partial charge in [-0.25, -0.2) is 0 Å². The quantitative estimate of drug-likeness (QED) is 0.0702. The average Bonchev–Trinajstić information content (AvgIpc) is 2.97. The van der Waals surface area contributed by atoms with Crippen LogP contribution >= 0.6 is 0 Å². The van der Waals surface area contributed by atoms with E-state index in [0.717, 1.165) is 23.9 Å². The summed E-state index contributed by atoms with van der Waals surface area (Å²) in [6.07, 6.45) is 4.88. The van der Waals surface area contributed by atoms with Crippen molar-refractivity contribution >= 4 is 23.0 Å². The summed E-state index contributed by atoms with van der Waals surface area (Å²) in [7, 11) is 0. The molecule has 45 heavy (non-hydrogen) atoms. The van der Waals surface area contributed by atoms with Crippen LogP contribution in [0.5, 0.6) is 17.2 Å². The maximum Gasteiger partial charge on any atom is 0.300 e. The van der Waals surface area contributed by atoms with Crippen molar-refractivity contribution in [2.45, 2.75) is 27.7 Å². The number of nitro groups is 2. The molecule has 0 unspecified atom stereocenters. The molecule has 0 radical (unpaired) electrons. The average molecular weight is 666 g/mol. The zero-order chi connectivity index (χ0) is 33.7. The fourth-order valence-electron chi connectivity index (χ4n) is 2.93. The Kier molecular flexibility index (Phi) is 21.8. The molecule has 0 aliphatic rings. The third kappa shape index (κ3) is 18.2. The zero-order valence-corrected chi connectivity index (χ0v) is 26.8. The largest absolute Gasteiger partial charge is 0.489 e. The summed E-state index contributed by atoms with van der Waals surface area (Å²) < 4.78 is 15.6. The van der Waals surface area contributed by atoms with Gasteiger partial charge in [0.25, 0.3) is 17.3 Å². The minimum atomic E-state index is -0.833. The first-order chi connectivity index (χ1) is 20.8. The Balaban J connectivity index is 0. The number of carboxylic acid groups (broad SMARTS) is 1. The van der Waals surface area contributed by atoms with Gasteiger partial charge in [-0.05, 0) is 56.7 Å². The molecule has 0 heterocycles. The molecule has 0 atom stereocenters. The second-order valence-corrected chi connectivity index (χ2v) is 8.75. The molecule has 0 fully saturated rings. The predicted molar refractivity (Wildman–Crippen MR) is 172 cm³/mol. The number of ether oxygens (including phenoxy) is 3. The van der Waals surface area contributed by atoms with Gasteiger partial charge in [-0.1, -0.05) is 44.0 Å². The second-order valence-electron chi connectivity index (χ2n) is 8.75. The van der Waals surface area contributed by atoms with E-state index in [9.17, 15) is 20.2 Å². The SMILES string of the molecule is C=CCOc1ccc(C)c(N)c1.C=CCOc1ccc(C)c([N+](=O)[O-])c1.C=CCOc1ccc(C)c([N+](=O)[O-])c1.CC(=O)O.[Fe]. The number of nitro benzene ring substituents is 2. The Morgan fingerprint density at radius 2 is 1.02 bits per heavy atom. The molecule has 0 aliphatic carbocycles. The van der Waals surface area contributed by atoms with Crippen LogP contribution < -0.4 is 19.9 Å². The van der Waals surface area contributed by atoms with E-state index >= 15 is 0 Å². The van der Waals surface area contributed by atoms with Gasteiger partial charge in [-0.15, -0.1) is 0 Å². The predicted octanol–water partition coefficient (Wildman–Crippen LogP) is 7.17. The monoisotopic (exact) mass is 665 g/mol. The second kappa shape index (κ2) is 23.3. The number of aliphatic carboxylic acids is 1. The molecule has 0 aromatic heterocycles. The number of carboxylic acids is 1. The van der Waals surface area contributed by atoms with E-state index in [1.807, 2.05) is 25.1 Å². The Labute approximate surface area is 273 Å². The molecule has 3 N–H and O–H groups in total. The van der Waals surface area contributed by atoms with E-state index in [0.29, 0.717) is 42.4 Å². The molecule has 244 valence electrons. The van der Waals surface area contributed by atoms with E-state index in [-0.39, 0.29) is 28.4 Å². The number of nitrogens with zero attached hydrogens (tertiary/aromatic N) is 2. The van der Waals surface area contributed by atoms with Crippen LogP contribution in [0.15, 0.2) is 92.6 Å². The van der Waals surface area contributed by atoms with Crippen molar-refractivity contribution in [3.63, 3.8) is 0 Å². The van der Waals surface area contributed by atoms with E-state index in [1.165, 1.54) is 12.1 Å². The third-order valence-electron chi connectivity index (χ3n) is 5.11. The number of carbonyl (C=O) groups is 1. The van der Waals surface area contributed by atoms with Gasteiger partial charge < -0.3 is 25.1 Å². The van der Waals surface area contributed by atoms with E-state index in [4.69, 9.17) is 29.8 Å². The van der Waals surface area contributed by atoms with Crippen LogP contribution in [0.25, 0.3) is 0 Å². The van der Waals surface area contributed by atoms with Crippen molar-refractivity contribution in [2.75, 3.05) is 25.6 Å². The van der Waals surface area contributed by atoms with Crippen molar-refractivity contribution in [1.82, 2.24) is 0 Å². The Morgan fingerprint density at radius 1 is 0.733 bits per heavy atom. The number of benzene rings is 3. The first-order valence-electron chi connectivity index (χ1n) is 13.0. The summed E-state index contributed by atoms with van der Waals surface area (Å²) in [6, 6.07) is 15.2. The van der Waals surface area contributed by atoms with Crippen molar-refractivity contribution in [3.8, 4) is 17.2 Å². The molecule has 13 heteroatoms. The van der Waals surface area contributed by atoms with Gasteiger partial charge in [-0.2, -0.15) is 0 Å². The molecular formula is C32H39FeN3O9. The Bertz CT molecular complexity index is 1350. The van der Waals surface area contributed by atoms with Gasteiger partial charge in [0.2, 0.25) is 0 Å². The van der Waals surface area contributed by atoms with Crippen molar-refractivity contribution < 1.29 is 51.0 Å². The summed E-state index contributed by atoms with van der Waals surface area (Å²) in [5.41, 5.74) is 8.92. The molecular weight excluding hydrogens is 626 g/mol. The fourth-order valence-corrected chi connectivity index (χ4v) is 2.93. The van der Waals surface area contributed by atoms with Crippen molar-refractivity contribution in [2.24, 2.45) is 0 Å². The van der Waals surface area contributed by atoms with Crippen LogP contribution in [0, 0.1) is 41.0 Å². The summed E-state index contributed by atoms with van der Waals surface area (Å²) in [5, 5.41) is 28.6. The van der Waals surface area contributed by atoms with Crippen molar-refractivity contribution in [3.05, 3.63) is 129 Å². The number of hydrogen-bond acceptors (Lipinski definition) is 9. The maximum absolute atomic E-state index is 10.6. The molecule has 0 saturated heterocycles. The molecule has 0 amide bonds. The number of hydrogen-bond donors (Lipinski definition) is 2.